The number of ether oxygens (including phenoxy) is 1. The lowest BCUT2D eigenvalue weighted by molar-refractivity contribution is -0.384. The minimum atomic E-state index is -4.70. The summed E-state index contributed by atoms with van der Waals surface area (Å²) in [4.78, 5) is 57.5. The smallest absolute Gasteiger partial charge is 0.339 e. The number of nitro benzene ring substituents is 1. The summed E-state index contributed by atoms with van der Waals surface area (Å²) in [5.41, 5.74) is 5.66. The molecule has 0 saturated carbocycles. The second kappa shape index (κ2) is 19.1. The van der Waals surface area contributed by atoms with Gasteiger partial charge in [0.15, 0.2) is 5.65 Å². The monoisotopic (exact) mass is 984 g/mol. The standard InChI is InChI=1S/C51H53ClN10O7S/c1-51(2)17-13-36(42(29-51)34-5-7-37(52)8-6-34)32-58-20-22-59(23-21-58)38-9-11-41(49(63)57-70(67,68)40-10-12-43(45(28-40)62(65)66)55-30-33-15-24-69-25-16-33)44(27-38)61-46-26-35-14-19-54-47(35)56-48(46)60(50(61)64)39-4-3-18-53-31-39/h3-12,14,18-19,26-28,31,33,55H,13,15-17,20-25,29-30,32H2,1-2H3,(H,54,56)(H,57,63). The molecule has 2 aliphatic heterocycles. The van der Waals surface area contributed by atoms with Crippen LogP contribution in [0.3, 0.4) is 0 Å². The molecule has 3 aromatic carbocycles. The maximum Gasteiger partial charge on any atom is 0.339 e. The van der Waals surface area contributed by atoms with Crippen molar-refractivity contribution in [1.29, 1.82) is 0 Å². The van der Waals surface area contributed by atoms with E-state index in [1.54, 1.807) is 42.7 Å². The number of nitrogens with zero attached hydrogens (tertiary/aromatic N) is 7. The van der Waals surface area contributed by atoms with Gasteiger partial charge in [-0.15, -0.1) is 0 Å². The summed E-state index contributed by atoms with van der Waals surface area (Å²) < 4.78 is 38.5. The fraction of sp³-hybridized carbons (Fsp3) is 0.333. The highest BCUT2D eigenvalue weighted by Crippen LogP contribution is 2.43. The molecule has 2 fully saturated rings. The molecule has 70 heavy (non-hydrogen) atoms. The molecule has 0 unspecified atom stereocenters. The Labute approximate surface area is 409 Å². The number of anilines is 2. The number of sulfonamides is 1. The average molecular weight is 986 g/mol. The lowest BCUT2D eigenvalue weighted by Crippen LogP contribution is -2.47. The van der Waals surface area contributed by atoms with Crippen molar-refractivity contribution in [3.63, 3.8) is 0 Å². The highest BCUT2D eigenvalue weighted by molar-refractivity contribution is 7.90. The topological polar surface area (TPSA) is 203 Å². The Morgan fingerprint density at radius 3 is 2.50 bits per heavy atom. The number of piperazine rings is 1. The van der Waals surface area contributed by atoms with E-state index >= 15 is 0 Å². The van der Waals surface area contributed by atoms with Crippen molar-refractivity contribution in [3.8, 4) is 11.4 Å². The quantitative estimate of drug-likeness (QED) is 0.0737. The van der Waals surface area contributed by atoms with Crippen LogP contribution in [0.4, 0.5) is 17.1 Å². The van der Waals surface area contributed by atoms with Gasteiger partial charge in [0.1, 0.15) is 11.3 Å². The molecule has 4 aromatic heterocycles. The van der Waals surface area contributed by atoms with Crippen LogP contribution in [0.2, 0.25) is 5.02 Å². The van der Waals surface area contributed by atoms with Gasteiger partial charge in [0.25, 0.3) is 21.6 Å². The van der Waals surface area contributed by atoms with E-state index in [9.17, 15) is 28.1 Å². The largest absolute Gasteiger partial charge is 0.381 e. The Kier molecular flexibility index (Phi) is 12.8. The summed E-state index contributed by atoms with van der Waals surface area (Å²) in [7, 11) is -4.70. The van der Waals surface area contributed by atoms with Gasteiger partial charge in [-0.05, 0) is 121 Å². The molecule has 1 aliphatic carbocycles. The number of H-pyrrole nitrogens is 1. The molecular weight excluding hydrogens is 932 g/mol. The number of nitro groups is 1. The molecule has 2 saturated heterocycles. The minimum absolute atomic E-state index is 0.114. The number of rotatable bonds is 13. The van der Waals surface area contributed by atoms with Gasteiger partial charge in [0.2, 0.25) is 0 Å². The maximum absolute atomic E-state index is 15.0. The van der Waals surface area contributed by atoms with Gasteiger partial charge in [0.05, 0.1) is 38.5 Å². The molecule has 10 rings (SSSR count). The van der Waals surface area contributed by atoms with E-state index < -0.39 is 37.1 Å². The van der Waals surface area contributed by atoms with E-state index in [1.165, 1.54) is 50.2 Å². The van der Waals surface area contributed by atoms with Crippen LogP contribution >= 0.6 is 11.6 Å². The first kappa shape index (κ1) is 46.8. The van der Waals surface area contributed by atoms with E-state index in [1.807, 2.05) is 18.2 Å². The maximum atomic E-state index is 15.0. The van der Waals surface area contributed by atoms with E-state index in [2.05, 4.69) is 55.8 Å². The molecule has 6 heterocycles. The van der Waals surface area contributed by atoms with Crippen molar-refractivity contribution in [2.75, 3.05) is 62.7 Å². The summed E-state index contributed by atoms with van der Waals surface area (Å²) in [6.07, 6.45) is 9.56. The number of nitrogens with one attached hydrogen (secondary N) is 3. The number of amides is 1. The average Bonchev–Trinajstić information content (AvgIpc) is 3.94. The molecule has 0 radical (unpaired) electrons. The zero-order chi connectivity index (χ0) is 48.7. The van der Waals surface area contributed by atoms with E-state index in [-0.39, 0.29) is 33.9 Å². The second-order valence-electron chi connectivity index (χ2n) is 19.1. The van der Waals surface area contributed by atoms with Crippen LogP contribution in [0.1, 0.15) is 61.9 Å². The molecule has 3 N–H and O–H groups in total. The SMILES string of the molecule is CC1(C)CCC(CN2CCN(c3ccc(C(=O)NS(=O)(=O)c4ccc(NCC5CCOCC5)c([N+](=O)[O-])c4)c(-n4c(=O)n(-c5cccnc5)c5nc6[nH]ccc6cc54)c3)CC2)=C(c2ccc(Cl)cc2)C1. The fourth-order valence-electron chi connectivity index (χ4n) is 9.95. The summed E-state index contributed by atoms with van der Waals surface area (Å²) in [6, 6.07) is 23.7. The van der Waals surface area contributed by atoms with Gasteiger partial charge in [-0.2, -0.15) is 0 Å². The number of benzene rings is 3. The predicted molar refractivity (Wildman–Crippen MR) is 271 cm³/mol. The van der Waals surface area contributed by atoms with Crippen LogP contribution < -0.4 is 20.6 Å². The van der Waals surface area contributed by atoms with Gasteiger partial charge in [0, 0.05) is 87.0 Å². The summed E-state index contributed by atoms with van der Waals surface area (Å²) in [5, 5.41) is 16.8. The molecule has 7 aromatic rings. The molecule has 0 spiro atoms. The zero-order valence-electron chi connectivity index (χ0n) is 38.9. The number of hydrogen-bond donors (Lipinski definition) is 3. The Hall–Kier alpha value is -6.86. The fourth-order valence-corrected chi connectivity index (χ4v) is 11.1. The van der Waals surface area contributed by atoms with Crippen LogP contribution in [0, 0.1) is 21.4 Å². The highest BCUT2D eigenvalue weighted by Gasteiger charge is 2.32. The van der Waals surface area contributed by atoms with Crippen molar-refractivity contribution in [1.82, 2.24) is 33.7 Å². The number of hydrogen-bond acceptors (Lipinski definition) is 12. The number of carbonyl (C=O) groups is 1. The summed E-state index contributed by atoms with van der Waals surface area (Å²) in [5.74, 6) is -0.801. The number of pyridine rings is 2. The van der Waals surface area contributed by atoms with Crippen LogP contribution in [0.15, 0.2) is 119 Å². The van der Waals surface area contributed by atoms with E-state index in [0.29, 0.717) is 60.1 Å². The minimum Gasteiger partial charge on any atom is -0.381 e. The van der Waals surface area contributed by atoms with Crippen LogP contribution in [0.25, 0.3) is 39.1 Å². The first-order chi connectivity index (χ1) is 33.7. The Morgan fingerprint density at radius 2 is 1.76 bits per heavy atom. The van der Waals surface area contributed by atoms with Crippen LogP contribution in [0.5, 0.6) is 0 Å². The molecule has 3 aliphatic rings. The number of halogens is 1. The van der Waals surface area contributed by atoms with Crippen LogP contribution in [-0.2, 0) is 14.8 Å². The van der Waals surface area contributed by atoms with Crippen LogP contribution in [-0.4, -0.2) is 101 Å². The number of carbonyl (C=O) groups excluding carboxylic acids is 1. The normalized spacial score (nSPS) is 17.0. The first-order valence-electron chi connectivity index (χ1n) is 23.5. The molecule has 1 amide bonds. The second-order valence-corrected chi connectivity index (χ2v) is 21.2. The molecule has 362 valence electrons. The van der Waals surface area contributed by atoms with Crippen molar-refractivity contribution < 1.29 is 22.9 Å². The van der Waals surface area contributed by atoms with Gasteiger partial charge in [-0.3, -0.25) is 29.4 Å². The Balaban J connectivity index is 0.991. The molecular formula is C51H53ClN10O7S. The molecule has 19 heteroatoms. The third-order valence-corrected chi connectivity index (χ3v) is 15.4. The number of fused-ring (bicyclic) bond motifs is 2. The van der Waals surface area contributed by atoms with Crippen molar-refractivity contribution in [2.45, 2.75) is 50.8 Å². The van der Waals surface area contributed by atoms with Crippen molar-refractivity contribution >= 4 is 72.4 Å². The third-order valence-electron chi connectivity index (χ3n) is 13.9. The lowest BCUT2D eigenvalue weighted by Gasteiger charge is -2.39. The summed E-state index contributed by atoms with van der Waals surface area (Å²) in [6.45, 7) is 9.93. The Morgan fingerprint density at radius 1 is 0.971 bits per heavy atom. The van der Waals surface area contributed by atoms with Gasteiger partial charge in [-0.1, -0.05) is 43.2 Å². The Bertz CT molecular complexity index is 3340. The van der Waals surface area contributed by atoms with E-state index in [0.717, 1.165) is 63.5 Å². The van der Waals surface area contributed by atoms with Gasteiger partial charge in [-0.25, -0.2) is 27.5 Å². The first-order valence-corrected chi connectivity index (χ1v) is 25.4. The van der Waals surface area contributed by atoms with Crippen molar-refractivity contribution in [3.05, 3.63) is 146 Å². The highest BCUT2D eigenvalue weighted by atomic mass is 35.5. The molecule has 0 atom stereocenters. The predicted octanol–water partition coefficient (Wildman–Crippen LogP) is 8.36. The number of imidazole rings is 1. The third kappa shape index (κ3) is 9.55. The zero-order valence-corrected chi connectivity index (χ0v) is 40.4. The van der Waals surface area contributed by atoms with Crippen molar-refractivity contribution in [2.24, 2.45) is 11.3 Å². The van der Waals surface area contributed by atoms with Gasteiger partial charge < -0.3 is 19.9 Å². The number of aromatic nitrogens is 5. The van der Waals surface area contributed by atoms with Gasteiger partial charge >= 0.3 is 5.69 Å². The molecule has 17 nitrogen and oxygen atoms in total. The molecule has 0 bridgehead atoms. The lowest BCUT2D eigenvalue weighted by atomic mass is 9.72. The summed E-state index contributed by atoms with van der Waals surface area (Å²) >= 11 is 6.28. The van der Waals surface area contributed by atoms with E-state index in [4.69, 9.17) is 21.3 Å². The number of aromatic amines is 1. The number of allylic oxidation sites excluding steroid dienone is 1.